The summed E-state index contributed by atoms with van der Waals surface area (Å²) in [5.41, 5.74) is 0.885. The number of carbonyl (C=O) groups excluding carboxylic acids is 1. The van der Waals surface area contributed by atoms with Crippen LogP contribution in [0.4, 0.5) is 4.39 Å². The Kier molecular flexibility index (Phi) is 4.28. The van der Waals surface area contributed by atoms with Crippen molar-refractivity contribution in [2.45, 2.75) is 6.92 Å². The Labute approximate surface area is 121 Å². The molecule has 18 heavy (non-hydrogen) atoms. The molecule has 0 aliphatic heterocycles. The zero-order chi connectivity index (χ0) is 13.1. The van der Waals surface area contributed by atoms with Gasteiger partial charge < -0.3 is 4.74 Å². The molecule has 0 saturated carbocycles. The summed E-state index contributed by atoms with van der Waals surface area (Å²) in [6, 6.07) is 6.09. The molecule has 1 heterocycles. The summed E-state index contributed by atoms with van der Waals surface area (Å²) in [5, 5.41) is 0. The Morgan fingerprint density at radius 2 is 2.33 bits per heavy atom. The van der Waals surface area contributed by atoms with Gasteiger partial charge in [-0.1, -0.05) is 12.1 Å². The fourth-order valence-electron chi connectivity index (χ4n) is 1.46. The van der Waals surface area contributed by atoms with Gasteiger partial charge in [-0.05, 0) is 47.2 Å². The monoisotopic (exact) mass is 377 g/mol. The van der Waals surface area contributed by atoms with Crippen molar-refractivity contribution < 1.29 is 13.9 Å². The summed E-state index contributed by atoms with van der Waals surface area (Å²) in [5.74, 6) is -0.818. The average molecular weight is 377 g/mol. The van der Waals surface area contributed by atoms with E-state index in [1.807, 2.05) is 22.6 Å². The molecule has 0 N–H and O–H groups in total. The Bertz CT molecular complexity index is 585. The fourth-order valence-corrected chi connectivity index (χ4v) is 3.13. The van der Waals surface area contributed by atoms with Crippen molar-refractivity contribution in [2.75, 3.05) is 6.61 Å². The predicted molar refractivity (Wildman–Crippen MR) is 76.2 cm³/mol. The number of nitrogens with zero attached hydrogens (tertiary/aromatic N) is 1. The Hall–Kier alpha value is -1.02. The fraction of sp³-hybridized carbons (Fsp3) is 0.167. The molecular formula is C12H9FINO2S. The van der Waals surface area contributed by atoms with Crippen LogP contribution in [0, 0.1) is 8.83 Å². The van der Waals surface area contributed by atoms with Crippen LogP contribution in [0.3, 0.4) is 0 Å². The van der Waals surface area contributed by atoms with Gasteiger partial charge in [0.25, 0.3) is 0 Å². The van der Waals surface area contributed by atoms with E-state index in [9.17, 15) is 9.18 Å². The van der Waals surface area contributed by atoms with Crippen LogP contribution in [0.25, 0.3) is 10.4 Å². The molecule has 0 aliphatic carbocycles. The van der Waals surface area contributed by atoms with Crippen molar-refractivity contribution in [1.29, 1.82) is 0 Å². The SMILES string of the molecule is CCOC(=O)c1nc(I)sc1-c1cccc(F)c1. The van der Waals surface area contributed by atoms with Crippen LogP contribution < -0.4 is 0 Å². The molecule has 1 aromatic heterocycles. The van der Waals surface area contributed by atoms with Crippen LogP contribution in [0.5, 0.6) is 0 Å². The lowest BCUT2D eigenvalue weighted by molar-refractivity contribution is 0.0521. The highest BCUT2D eigenvalue weighted by molar-refractivity contribution is 14.1. The largest absolute Gasteiger partial charge is 0.461 e. The standard InChI is InChI=1S/C12H9FINO2S/c1-2-17-11(16)9-10(18-12(14)15-9)7-4-3-5-8(13)6-7/h3-6H,2H2,1H3. The van der Waals surface area contributed by atoms with Crippen LogP contribution in [0.15, 0.2) is 24.3 Å². The molecule has 1 aromatic carbocycles. The molecule has 0 bridgehead atoms. The highest BCUT2D eigenvalue weighted by Gasteiger charge is 2.19. The van der Waals surface area contributed by atoms with Gasteiger partial charge in [0.1, 0.15) is 5.82 Å². The van der Waals surface area contributed by atoms with Crippen molar-refractivity contribution in [3.8, 4) is 10.4 Å². The van der Waals surface area contributed by atoms with Gasteiger partial charge in [0.2, 0.25) is 0 Å². The lowest BCUT2D eigenvalue weighted by atomic mass is 10.1. The van der Waals surface area contributed by atoms with E-state index in [1.54, 1.807) is 19.1 Å². The van der Waals surface area contributed by atoms with Crippen molar-refractivity contribution in [3.63, 3.8) is 0 Å². The molecule has 2 rings (SSSR count). The number of hydrogen-bond acceptors (Lipinski definition) is 4. The molecule has 0 fully saturated rings. The lowest BCUT2D eigenvalue weighted by Crippen LogP contribution is -2.06. The summed E-state index contributed by atoms with van der Waals surface area (Å²) in [4.78, 5) is 16.5. The van der Waals surface area contributed by atoms with Gasteiger partial charge >= 0.3 is 5.97 Å². The molecule has 2 aromatic rings. The molecular weight excluding hydrogens is 368 g/mol. The third-order valence-corrected chi connectivity index (χ3v) is 3.95. The third-order valence-electron chi connectivity index (χ3n) is 2.16. The second kappa shape index (κ2) is 5.75. The number of halogens is 2. The molecule has 0 aliphatic rings. The minimum atomic E-state index is -0.476. The predicted octanol–water partition coefficient (Wildman–Crippen LogP) is 3.73. The maximum atomic E-state index is 13.2. The molecule has 0 atom stereocenters. The smallest absolute Gasteiger partial charge is 0.358 e. The first kappa shape index (κ1) is 13.4. The van der Waals surface area contributed by atoms with Crippen LogP contribution in [-0.2, 0) is 4.74 Å². The van der Waals surface area contributed by atoms with E-state index >= 15 is 0 Å². The number of carbonyl (C=O) groups is 1. The molecule has 0 unspecified atom stereocenters. The number of benzene rings is 1. The average Bonchev–Trinajstić information content (AvgIpc) is 2.72. The molecule has 3 nitrogen and oxygen atoms in total. The molecule has 0 radical (unpaired) electrons. The minimum absolute atomic E-state index is 0.247. The van der Waals surface area contributed by atoms with E-state index in [0.29, 0.717) is 10.4 Å². The second-order valence-corrected chi connectivity index (χ2v) is 6.13. The van der Waals surface area contributed by atoms with Crippen LogP contribution >= 0.6 is 33.9 Å². The van der Waals surface area contributed by atoms with Gasteiger partial charge in [-0.15, -0.1) is 11.3 Å². The summed E-state index contributed by atoms with van der Waals surface area (Å²) in [6.45, 7) is 2.02. The van der Waals surface area contributed by atoms with Crippen LogP contribution in [-0.4, -0.2) is 17.6 Å². The highest BCUT2D eigenvalue weighted by atomic mass is 127. The number of rotatable bonds is 3. The van der Waals surface area contributed by atoms with E-state index < -0.39 is 5.97 Å². The normalized spacial score (nSPS) is 10.4. The molecule has 0 spiro atoms. The Morgan fingerprint density at radius 1 is 1.56 bits per heavy atom. The first-order chi connectivity index (χ1) is 8.61. The third kappa shape index (κ3) is 2.86. The van der Waals surface area contributed by atoms with Crippen molar-refractivity contribution in [3.05, 3.63) is 38.8 Å². The number of aromatic nitrogens is 1. The number of hydrogen-bond donors (Lipinski definition) is 0. The zero-order valence-corrected chi connectivity index (χ0v) is 12.4. The molecule has 94 valence electrons. The number of ether oxygens (including phenoxy) is 1. The van der Waals surface area contributed by atoms with E-state index in [0.717, 1.165) is 3.01 Å². The van der Waals surface area contributed by atoms with Gasteiger partial charge in [0.05, 0.1) is 11.5 Å². The first-order valence-electron chi connectivity index (χ1n) is 5.21. The van der Waals surface area contributed by atoms with Gasteiger partial charge in [0, 0.05) is 0 Å². The maximum absolute atomic E-state index is 13.2. The minimum Gasteiger partial charge on any atom is -0.461 e. The first-order valence-corrected chi connectivity index (χ1v) is 7.10. The van der Waals surface area contributed by atoms with Crippen molar-refractivity contribution >= 4 is 39.9 Å². The van der Waals surface area contributed by atoms with Gasteiger partial charge in [-0.25, -0.2) is 14.2 Å². The van der Waals surface area contributed by atoms with Gasteiger partial charge in [-0.3, -0.25) is 0 Å². The molecule has 0 amide bonds. The Balaban J connectivity index is 2.47. The zero-order valence-electron chi connectivity index (χ0n) is 9.44. The van der Waals surface area contributed by atoms with E-state index in [2.05, 4.69) is 4.98 Å². The maximum Gasteiger partial charge on any atom is 0.358 e. The topological polar surface area (TPSA) is 39.2 Å². The second-order valence-electron chi connectivity index (χ2n) is 3.38. The van der Waals surface area contributed by atoms with Crippen LogP contribution in [0.1, 0.15) is 17.4 Å². The van der Waals surface area contributed by atoms with Crippen molar-refractivity contribution in [1.82, 2.24) is 4.98 Å². The van der Waals surface area contributed by atoms with E-state index in [4.69, 9.17) is 4.74 Å². The lowest BCUT2D eigenvalue weighted by Gasteiger charge is -2.02. The van der Waals surface area contributed by atoms with Gasteiger partial charge in [0.15, 0.2) is 8.71 Å². The summed E-state index contributed by atoms with van der Waals surface area (Å²) < 4.78 is 18.9. The summed E-state index contributed by atoms with van der Waals surface area (Å²) in [7, 11) is 0. The van der Waals surface area contributed by atoms with E-state index in [-0.39, 0.29) is 18.1 Å². The quantitative estimate of drug-likeness (QED) is 0.605. The molecule has 0 saturated heterocycles. The van der Waals surface area contributed by atoms with E-state index in [1.165, 1.54) is 23.5 Å². The van der Waals surface area contributed by atoms with Gasteiger partial charge in [-0.2, -0.15) is 0 Å². The summed E-state index contributed by atoms with van der Waals surface area (Å²) >= 11 is 3.37. The Morgan fingerprint density at radius 3 is 3.00 bits per heavy atom. The number of esters is 1. The van der Waals surface area contributed by atoms with Crippen LogP contribution in [0.2, 0.25) is 0 Å². The van der Waals surface area contributed by atoms with Crippen molar-refractivity contribution in [2.24, 2.45) is 0 Å². The summed E-state index contributed by atoms with van der Waals surface area (Å²) in [6.07, 6.45) is 0. The highest BCUT2D eigenvalue weighted by Crippen LogP contribution is 2.31. The molecule has 6 heteroatoms. The number of thiazole rings is 1.